The van der Waals surface area contributed by atoms with Crippen molar-refractivity contribution in [3.05, 3.63) is 90.1 Å². The Bertz CT molecular complexity index is 884. The highest BCUT2D eigenvalue weighted by molar-refractivity contribution is 6.18. The molecule has 2 rings (SSSR count). The monoisotopic (exact) mass is 378 g/mol. The lowest BCUT2D eigenvalue weighted by atomic mass is 9.88. The summed E-state index contributed by atoms with van der Waals surface area (Å²) < 4.78 is 14.2. The van der Waals surface area contributed by atoms with Gasteiger partial charge in [-0.3, -0.25) is 15.0 Å². The van der Waals surface area contributed by atoms with Gasteiger partial charge in [-0.25, -0.2) is 4.39 Å². The predicted molar refractivity (Wildman–Crippen MR) is 116 cm³/mol. The maximum Gasteiger partial charge on any atom is 0.135 e. The van der Waals surface area contributed by atoms with Gasteiger partial charge in [0.2, 0.25) is 0 Å². The molecule has 0 aliphatic carbocycles. The van der Waals surface area contributed by atoms with Gasteiger partial charge in [0.05, 0.1) is 6.54 Å². The summed E-state index contributed by atoms with van der Waals surface area (Å²) in [6, 6.07) is 3.73. The van der Waals surface area contributed by atoms with Crippen molar-refractivity contribution in [1.29, 1.82) is 0 Å². The molecule has 0 bridgehead atoms. The van der Waals surface area contributed by atoms with Crippen LogP contribution in [-0.4, -0.2) is 28.7 Å². The number of hydrogen-bond donors (Lipinski definition) is 1. The third-order valence-electron chi connectivity index (χ3n) is 4.17. The molecule has 1 N–H and O–H groups in total. The molecule has 28 heavy (non-hydrogen) atoms. The minimum absolute atomic E-state index is 0.0594. The van der Waals surface area contributed by atoms with Crippen molar-refractivity contribution < 1.29 is 4.39 Å². The van der Waals surface area contributed by atoms with Crippen molar-refractivity contribution in [3.63, 3.8) is 0 Å². The first-order valence-corrected chi connectivity index (χ1v) is 9.18. The van der Waals surface area contributed by atoms with Gasteiger partial charge < -0.3 is 5.32 Å². The van der Waals surface area contributed by atoms with Crippen LogP contribution >= 0.6 is 0 Å². The van der Waals surface area contributed by atoms with E-state index in [-0.39, 0.29) is 12.4 Å². The molecule has 0 aromatic carbocycles. The van der Waals surface area contributed by atoms with E-state index in [2.05, 4.69) is 21.9 Å². The highest BCUT2D eigenvalue weighted by atomic mass is 19.1. The summed E-state index contributed by atoms with van der Waals surface area (Å²) in [6.45, 7) is 11.6. The van der Waals surface area contributed by atoms with E-state index in [9.17, 15) is 4.39 Å². The second kappa shape index (κ2) is 9.74. The van der Waals surface area contributed by atoms with Crippen molar-refractivity contribution >= 4 is 11.7 Å². The maximum absolute atomic E-state index is 14.2. The number of aromatic nitrogens is 1. The fourth-order valence-corrected chi connectivity index (χ4v) is 2.57. The number of nitrogens with zero attached hydrogens (tertiary/aromatic N) is 3. The molecular weight excluding hydrogens is 351 g/mol. The number of amidine groups is 2. The number of aliphatic imine (C=N–C) groups is 2. The molecule has 0 saturated heterocycles. The Kier molecular flexibility index (Phi) is 7.38. The molecule has 4 nitrogen and oxygen atoms in total. The van der Waals surface area contributed by atoms with Gasteiger partial charge >= 0.3 is 0 Å². The summed E-state index contributed by atoms with van der Waals surface area (Å²) in [6.07, 6.45) is 14.1. The topological polar surface area (TPSA) is 49.6 Å². The lowest BCUT2D eigenvalue weighted by Crippen LogP contribution is -2.46. The molecule has 1 aliphatic rings. The van der Waals surface area contributed by atoms with Gasteiger partial charge in [0.25, 0.3) is 0 Å². The van der Waals surface area contributed by atoms with Gasteiger partial charge in [0, 0.05) is 23.5 Å². The summed E-state index contributed by atoms with van der Waals surface area (Å²) >= 11 is 0. The van der Waals surface area contributed by atoms with E-state index in [0.29, 0.717) is 11.7 Å². The first-order chi connectivity index (χ1) is 13.4. The fourth-order valence-electron chi connectivity index (χ4n) is 2.57. The van der Waals surface area contributed by atoms with Crippen LogP contribution in [0.1, 0.15) is 33.3 Å². The maximum atomic E-state index is 14.2. The zero-order chi connectivity index (χ0) is 20.6. The molecule has 1 atom stereocenters. The lowest BCUT2D eigenvalue weighted by molar-refractivity contribution is 0.617. The SMILES string of the molecule is C=CC1(C)N=C(c2ccncc2)NC(=NCC(F)=CC=C(C)C)C1=CC=CC. The second-order valence-corrected chi connectivity index (χ2v) is 6.80. The van der Waals surface area contributed by atoms with Crippen LogP contribution in [0.2, 0.25) is 0 Å². The minimum atomic E-state index is -0.692. The first-order valence-electron chi connectivity index (χ1n) is 9.18. The van der Waals surface area contributed by atoms with Gasteiger partial charge in [-0.2, -0.15) is 0 Å². The van der Waals surface area contributed by atoms with Crippen LogP contribution in [0.15, 0.2) is 94.5 Å². The van der Waals surface area contributed by atoms with Crippen LogP contribution in [0.25, 0.3) is 0 Å². The van der Waals surface area contributed by atoms with E-state index < -0.39 is 5.54 Å². The summed E-state index contributed by atoms with van der Waals surface area (Å²) in [7, 11) is 0. The molecule has 1 aromatic heterocycles. The summed E-state index contributed by atoms with van der Waals surface area (Å²) in [4.78, 5) is 13.4. The Hall–Kier alpha value is -3.08. The molecule has 0 fully saturated rings. The smallest absolute Gasteiger partial charge is 0.135 e. The average Bonchev–Trinajstić information content (AvgIpc) is 2.70. The highest BCUT2D eigenvalue weighted by Gasteiger charge is 2.33. The molecule has 1 aliphatic heterocycles. The largest absolute Gasteiger partial charge is 0.325 e. The molecule has 1 unspecified atom stereocenters. The van der Waals surface area contributed by atoms with Crippen molar-refractivity contribution in [3.8, 4) is 0 Å². The normalized spacial score (nSPS) is 22.9. The number of pyridine rings is 1. The Balaban J connectivity index is 2.50. The van der Waals surface area contributed by atoms with E-state index in [0.717, 1.165) is 16.7 Å². The Morgan fingerprint density at radius 3 is 2.61 bits per heavy atom. The number of hydrogen-bond acceptors (Lipinski definition) is 3. The molecule has 2 heterocycles. The van der Waals surface area contributed by atoms with Gasteiger partial charge in [0.15, 0.2) is 0 Å². The summed E-state index contributed by atoms with van der Waals surface area (Å²) in [5, 5.41) is 3.25. The standard InChI is InChI=1S/C23H27FN4/c1-6-8-9-20-22(26-16-19(24)11-10-17(3)4)27-21(28-23(20,5)7-2)18-12-14-25-15-13-18/h6-15H,2,16H2,1,3-5H3,(H,26,27,28). The van der Waals surface area contributed by atoms with Gasteiger partial charge in [0.1, 0.15) is 23.0 Å². The first kappa shape index (κ1) is 21.2. The number of rotatable bonds is 6. The molecular formula is C23H27FN4. The highest BCUT2D eigenvalue weighted by Crippen LogP contribution is 2.28. The number of nitrogens with one attached hydrogen (secondary N) is 1. The van der Waals surface area contributed by atoms with Crippen LogP contribution in [0.4, 0.5) is 4.39 Å². The van der Waals surface area contributed by atoms with Gasteiger partial charge in [-0.15, -0.1) is 6.58 Å². The number of halogens is 1. The van der Waals surface area contributed by atoms with Gasteiger partial charge in [-0.05, 0) is 45.9 Å². The third kappa shape index (κ3) is 5.46. The van der Waals surface area contributed by atoms with E-state index in [1.165, 1.54) is 6.08 Å². The quantitative estimate of drug-likeness (QED) is 0.553. The number of allylic oxidation sites excluding steroid dienone is 6. The molecule has 146 valence electrons. The van der Waals surface area contributed by atoms with Crippen LogP contribution in [0, 0.1) is 0 Å². The van der Waals surface area contributed by atoms with E-state index in [4.69, 9.17) is 4.99 Å². The Morgan fingerprint density at radius 2 is 2.00 bits per heavy atom. The van der Waals surface area contributed by atoms with E-state index in [1.807, 2.05) is 58.1 Å². The summed E-state index contributed by atoms with van der Waals surface area (Å²) in [5.74, 6) is 0.909. The van der Waals surface area contributed by atoms with Crippen molar-refractivity contribution in [1.82, 2.24) is 10.3 Å². The Morgan fingerprint density at radius 1 is 1.29 bits per heavy atom. The lowest BCUT2D eigenvalue weighted by Gasteiger charge is -2.33. The molecule has 0 saturated carbocycles. The van der Waals surface area contributed by atoms with Crippen LogP contribution < -0.4 is 5.32 Å². The van der Waals surface area contributed by atoms with E-state index >= 15 is 0 Å². The predicted octanol–water partition coefficient (Wildman–Crippen LogP) is 5.10. The molecule has 0 radical (unpaired) electrons. The molecule has 5 heteroatoms. The zero-order valence-electron chi connectivity index (χ0n) is 16.9. The van der Waals surface area contributed by atoms with Gasteiger partial charge in [-0.1, -0.05) is 36.0 Å². The molecule has 0 amide bonds. The second-order valence-electron chi connectivity index (χ2n) is 6.80. The molecule has 0 spiro atoms. The molecule has 1 aromatic rings. The minimum Gasteiger partial charge on any atom is -0.325 e. The zero-order valence-corrected chi connectivity index (χ0v) is 16.9. The summed E-state index contributed by atoms with van der Waals surface area (Å²) in [5.41, 5.74) is 2.04. The van der Waals surface area contributed by atoms with Crippen molar-refractivity contribution in [2.45, 2.75) is 33.2 Å². The van der Waals surface area contributed by atoms with Crippen LogP contribution in [0.3, 0.4) is 0 Å². The van der Waals surface area contributed by atoms with E-state index in [1.54, 1.807) is 24.5 Å². The van der Waals surface area contributed by atoms with Crippen molar-refractivity contribution in [2.75, 3.05) is 6.54 Å². The van der Waals surface area contributed by atoms with Crippen LogP contribution in [-0.2, 0) is 0 Å². The third-order valence-corrected chi connectivity index (χ3v) is 4.17. The Labute approximate surface area is 166 Å². The fraction of sp³-hybridized carbons (Fsp3) is 0.261. The average molecular weight is 378 g/mol. The van der Waals surface area contributed by atoms with Crippen LogP contribution in [0.5, 0.6) is 0 Å². The van der Waals surface area contributed by atoms with Crippen molar-refractivity contribution in [2.24, 2.45) is 9.98 Å².